The van der Waals surface area contributed by atoms with Gasteiger partial charge in [0.05, 0.1) is 6.61 Å². The first-order valence-electron chi connectivity index (χ1n) is 3.58. The van der Waals surface area contributed by atoms with Gasteiger partial charge in [-0.05, 0) is 35.8 Å². The first-order chi connectivity index (χ1) is 5.65. The van der Waals surface area contributed by atoms with Gasteiger partial charge in [0.15, 0.2) is 0 Å². The maximum atomic E-state index is 11.2. The number of ether oxygens (including phenoxy) is 1. The molecule has 0 aliphatic heterocycles. The van der Waals surface area contributed by atoms with Crippen LogP contribution in [0.3, 0.4) is 0 Å². The molecule has 0 N–H and O–H groups in total. The summed E-state index contributed by atoms with van der Waals surface area (Å²) in [5, 5.41) is 0. The lowest BCUT2D eigenvalue weighted by atomic mass is 10.4. The largest absolute Gasteiger partial charge is 0.462 e. The van der Waals surface area contributed by atoms with Crippen LogP contribution >= 0.6 is 27.3 Å². The van der Waals surface area contributed by atoms with Crippen LogP contribution < -0.4 is 0 Å². The molecular formula is C8H9BrO2S. The molecule has 0 aromatic carbocycles. The fourth-order valence-electron chi connectivity index (χ4n) is 0.763. The molecule has 12 heavy (non-hydrogen) atoms. The Morgan fingerprint density at radius 1 is 1.75 bits per heavy atom. The number of esters is 1. The number of halogens is 1. The molecule has 0 bridgehead atoms. The fourth-order valence-corrected chi connectivity index (χ4v) is 2.19. The molecule has 0 saturated heterocycles. The van der Waals surface area contributed by atoms with Crippen molar-refractivity contribution in [1.82, 2.24) is 0 Å². The molecule has 0 radical (unpaired) electrons. The third-order valence-corrected chi connectivity index (χ3v) is 3.45. The summed E-state index contributed by atoms with van der Waals surface area (Å²) in [5.74, 6) is -0.240. The fraction of sp³-hybridized carbons (Fsp3) is 0.375. The summed E-state index contributed by atoms with van der Waals surface area (Å²) in [4.78, 5) is 12.9. The standard InChI is InChI=1S/C8H9BrO2S/c1-3-11-8(10)7-4-6(9)5(2)12-7/h4H,3H2,1-2H3. The molecule has 0 fully saturated rings. The quantitative estimate of drug-likeness (QED) is 0.753. The number of thiophene rings is 1. The minimum Gasteiger partial charge on any atom is -0.462 e. The Balaban J connectivity index is 2.82. The van der Waals surface area contributed by atoms with Gasteiger partial charge in [0, 0.05) is 9.35 Å². The number of aryl methyl sites for hydroxylation is 1. The van der Waals surface area contributed by atoms with Crippen molar-refractivity contribution in [2.24, 2.45) is 0 Å². The van der Waals surface area contributed by atoms with Gasteiger partial charge in [0.1, 0.15) is 4.88 Å². The van der Waals surface area contributed by atoms with Gasteiger partial charge >= 0.3 is 5.97 Å². The molecule has 2 nitrogen and oxygen atoms in total. The van der Waals surface area contributed by atoms with Crippen molar-refractivity contribution < 1.29 is 9.53 Å². The predicted octanol–water partition coefficient (Wildman–Crippen LogP) is 3.00. The van der Waals surface area contributed by atoms with E-state index in [-0.39, 0.29) is 5.97 Å². The van der Waals surface area contributed by atoms with Gasteiger partial charge in [-0.1, -0.05) is 0 Å². The normalized spacial score (nSPS) is 9.92. The van der Waals surface area contributed by atoms with Crippen LogP contribution in [-0.4, -0.2) is 12.6 Å². The zero-order chi connectivity index (χ0) is 9.14. The zero-order valence-electron chi connectivity index (χ0n) is 6.89. The SMILES string of the molecule is CCOC(=O)c1cc(Br)c(C)s1. The van der Waals surface area contributed by atoms with Gasteiger partial charge in [-0.3, -0.25) is 0 Å². The molecule has 1 rings (SSSR count). The smallest absolute Gasteiger partial charge is 0.348 e. The molecule has 0 aliphatic rings. The van der Waals surface area contributed by atoms with E-state index >= 15 is 0 Å². The maximum Gasteiger partial charge on any atom is 0.348 e. The van der Waals surface area contributed by atoms with Crippen molar-refractivity contribution in [1.29, 1.82) is 0 Å². The second kappa shape index (κ2) is 4.05. The van der Waals surface area contributed by atoms with Crippen LogP contribution in [0.5, 0.6) is 0 Å². The van der Waals surface area contributed by atoms with E-state index in [9.17, 15) is 4.79 Å². The third-order valence-electron chi connectivity index (χ3n) is 1.33. The van der Waals surface area contributed by atoms with Gasteiger partial charge in [-0.25, -0.2) is 4.79 Å². The summed E-state index contributed by atoms with van der Waals surface area (Å²) in [6.07, 6.45) is 0. The average Bonchev–Trinajstić information content (AvgIpc) is 2.33. The molecule has 0 atom stereocenters. The summed E-state index contributed by atoms with van der Waals surface area (Å²) in [7, 11) is 0. The Morgan fingerprint density at radius 3 is 2.83 bits per heavy atom. The highest BCUT2D eigenvalue weighted by atomic mass is 79.9. The van der Waals surface area contributed by atoms with Crippen LogP contribution in [0.25, 0.3) is 0 Å². The summed E-state index contributed by atoms with van der Waals surface area (Å²) in [6, 6.07) is 1.79. The molecular weight excluding hydrogens is 240 g/mol. The Morgan fingerprint density at radius 2 is 2.42 bits per heavy atom. The second-order valence-corrected chi connectivity index (χ2v) is 4.35. The van der Waals surface area contributed by atoms with Gasteiger partial charge in [-0.2, -0.15) is 0 Å². The van der Waals surface area contributed by atoms with Crippen molar-refractivity contribution in [2.45, 2.75) is 13.8 Å². The van der Waals surface area contributed by atoms with Crippen molar-refractivity contribution in [3.8, 4) is 0 Å². The molecule has 0 amide bonds. The summed E-state index contributed by atoms with van der Waals surface area (Å²) in [6.45, 7) is 4.18. The first-order valence-corrected chi connectivity index (χ1v) is 5.19. The topological polar surface area (TPSA) is 26.3 Å². The number of hydrogen-bond donors (Lipinski definition) is 0. The lowest BCUT2D eigenvalue weighted by Crippen LogP contribution is -2.01. The minimum absolute atomic E-state index is 0.240. The molecule has 0 spiro atoms. The van der Waals surface area contributed by atoms with E-state index in [1.165, 1.54) is 11.3 Å². The summed E-state index contributed by atoms with van der Waals surface area (Å²) < 4.78 is 5.82. The van der Waals surface area contributed by atoms with Gasteiger partial charge in [-0.15, -0.1) is 11.3 Å². The molecule has 1 aromatic heterocycles. The highest BCUT2D eigenvalue weighted by Crippen LogP contribution is 2.26. The van der Waals surface area contributed by atoms with Crippen molar-refractivity contribution in [3.63, 3.8) is 0 Å². The average molecular weight is 249 g/mol. The van der Waals surface area contributed by atoms with Crippen LogP contribution in [0.4, 0.5) is 0 Å². The van der Waals surface area contributed by atoms with E-state index in [0.717, 1.165) is 9.35 Å². The Kier molecular flexibility index (Phi) is 3.29. The van der Waals surface area contributed by atoms with E-state index < -0.39 is 0 Å². The number of carbonyl (C=O) groups is 1. The van der Waals surface area contributed by atoms with Crippen LogP contribution in [0, 0.1) is 6.92 Å². The predicted molar refractivity (Wildman–Crippen MR) is 52.7 cm³/mol. The van der Waals surface area contributed by atoms with Crippen LogP contribution in [0.1, 0.15) is 21.5 Å². The van der Waals surface area contributed by atoms with Crippen LogP contribution in [0.2, 0.25) is 0 Å². The number of hydrogen-bond acceptors (Lipinski definition) is 3. The number of rotatable bonds is 2. The highest BCUT2D eigenvalue weighted by molar-refractivity contribution is 9.10. The van der Waals surface area contributed by atoms with Gasteiger partial charge in [0.25, 0.3) is 0 Å². The minimum atomic E-state index is -0.240. The molecule has 0 unspecified atom stereocenters. The molecule has 0 aliphatic carbocycles. The molecule has 0 saturated carbocycles. The van der Waals surface area contributed by atoms with Gasteiger partial charge in [0.2, 0.25) is 0 Å². The molecule has 1 heterocycles. The summed E-state index contributed by atoms with van der Waals surface area (Å²) in [5.41, 5.74) is 0. The lowest BCUT2D eigenvalue weighted by Gasteiger charge is -1.95. The van der Waals surface area contributed by atoms with Crippen LogP contribution in [-0.2, 0) is 4.74 Å². The van der Waals surface area contributed by atoms with E-state index in [1.807, 2.05) is 6.92 Å². The molecule has 66 valence electrons. The highest BCUT2D eigenvalue weighted by Gasteiger charge is 2.11. The molecule has 4 heteroatoms. The van der Waals surface area contributed by atoms with E-state index in [2.05, 4.69) is 15.9 Å². The van der Waals surface area contributed by atoms with E-state index in [1.54, 1.807) is 13.0 Å². The Labute approximate surface area is 83.7 Å². The van der Waals surface area contributed by atoms with Crippen molar-refractivity contribution in [2.75, 3.05) is 6.61 Å². The van der Waals surface area contributed by atoms with E-state index in [0.29, 0.717) is 11.5 Å². The third kappa shape index (κ3) is 2.08. The Hall–Kier alpha value is -0.350. The Bertz CT molecular complexity index is 274. The zero-order valence-corrected chi connectivity index (χ0v) is 9.29. The monoisotopic (exact) mass is 248 g/mol. The summed E-state index contributed by atoms with van der Waals surface area (Å²) >= 11 is 4.78. The van der Waals surface area contributed by atoms with Crippen LogP contribution in [0.15, 0.2) is 10.5 Å². The lowest BCUT2D eigenvalue weighted by molar-refractivity contribution is 0.0532. The number of carbonyl (C=O) groups excluding carboxylic acids is 1. The van der Waals surface area contributed by atoms with Crippen molar-refractivity contribution >= 4 is 33.2 Å². The van der Waals surface area contributed by atoms with E-state index in [4.69, 9.17) is 4.74 Å². The molecule has 1 aromatic rings. The maximum absolute atomic E-state index is 11.2. The van der Waals surface area contributed by atoms with Gasteiger partial charge < -0.3 is 4.74 Å². The van der Waals surface area contributed by atoms with Crippen molar-refractivity contribution in [3.05, 3.63) is 20.3 Å². The first kappa shape index (κ1) is 9.74. The second-order valence-electron chi connectivity index (χ2n) is 2.24.